The summed E-state index contributed by atoms with van der Waals surface area (Å²) in [5.41, 5.74) is 0. The Kier molecular flexibility index (Phi) is 4.73. The van der Waals surface area contributed by atoms with Crippen LogP contribution in [0.2, 0.25) is 0 Å². The maximum absolute atomic E-state index is 10.8. The molecule has 94 valence electrons. The average Bonchev–Trinajstić information content (AvgIpc) is 2.58. The van der Waals surface area contributed by atoms with Crippen LogP contribution in [-0.4, -0.2) is 69.4 Å². The van der Waals surface area contributed by atoms with Gasteiger partial charge in [0, 0.05) is 33.1 Å². The van der Waals surface area contributed by atoms with Crippen molar-refractivity contribution in [2.45, 2.75) is 12.8 Å². The second kappa shape index (κ2) is 5.63. The van der Waals surface area contributed by atoms with Crippen molar-refractivity contribution in [2.24, 2.45) is 0 Å². The van der Waals surface area contributed by atoms with Gasteiger partial charge in [-0.1, -0.05) is 0 Å². The van der Waals surface area contributed by atoms with Crippen LogP contribution in [0.5, 0.6) is 0 Å². The Morgan fingerprint density at radius 1 is 1.06 bits per heavy atom. The van der Waals surface area contributed by atoms with Gasteiger partial charge in [-0.2, -0.15) is 0 Å². The Hall–Kier alpha value is -0.620. The average molecular weight is 248 g/mol. The Morgan fingerprint density at radius 2 is 1.62 bits per heavy atom. The molecule has 0 bridgehead atoms. The van der Waals surface area contributed by atoms with Crippen molar-refractivity contribution in [1.29, 1.82) is 0 Å². The van der Waals surface area contributed by atoms with Crippen molar-refractivity contribution in [2.75, 3.05) is 45.2 Å². The molecule has 0 radical (unpaired) electrons. The van der Waals surface area contributed by atoms with Gasteiger partial charge in [-0.3, -0.25) is 4.79 Å². The first-order valence-corrected chi connectivity index (χ1v) is 7.36. The zero-order valence-electron chi connectivity index (χ0n) is 9.98. The van der Waals surface area contributed by atoms with E-state index in [0.29, 0.717) is 30.5 Å². The highest BCUT2D eigenvalue weighted by Gasteiger charge is 2.18. The van der Waals surface area contributed by atoms with Crippen LogP contribution < -0.4 is 0 Å². The lowest BCUT2D eigenvalue weighted by Crippen LogP contribution is -2.37. The number of carbonyl (C=O) groups excluding carboxylic acids is 1. The Labute approximate surface area is 97.3 Å². The van der Waals surface area contributed by atoms with Crippen LogP contribution in [0.15, 0.2) is 0 Å². The van der Waals surface area contributed by atoms with Crippen molar-refractivity contribution in [3.8, 4) is 0 Å². The predicted molar refractivity (Wildman–Crippen MR) is 63.0 cm³/mol. The molecule has 0 aliphatic carbocycles. The van der Waals surface area contributed by atoms with Gasteiger partial charge >= 0.3 is 0 Å². The first-order valence-electron chi connectivity index (χ1n) is 5.54. The summed E-state index contributed by atoms with van der Waals surface area (Å²) >= 11 is 0. The number of hydrogen-bond donors (Lipinski definition) is 0. The van der Waals surface area contributed by atoms with Crippen molar-refractivity contribution in [3.05, 3.63) is 0 Å². The number of carbonyl (C=O) groups is 1. The molecule has 2 saturated heterocycles. The zero-order valence-corrected chi connectivity index (χ0v) is 10.8. The van der Waals surface area contributed by atoms with E-state index in [0.717, 1.165) is 19.4 Å². The quantitative estimate of drug-likeness (QED) is 0.584. The molecule has 0 saturated carbocycles. The summed E-state index contributed by atoms with van der Waals surface area (Å²) in [6.07, 6.45) is 1.81. The molecule has 0 aromatic rings. The van der Waals surface area contributed by atoms with Gasteiger partial charge in [0.15, 0.2) is 9.84 Å². The summed E-state index contributed by atoms with van der Waals surface area (Å²) in [6.45, 7) is 2.35. The predicted octanol–water partition coefficient (Wildman–Crippen LogP) is -0.415. The molecule has 2 fully saturated rings. The lowest BCUT2D eigenvalue weighted by molar-refractivity contribution is -0.126. The van der Waals surface area contributed by atoms with Crippen LogP contribution in [0.25, 0.3) is 0 Å². The number of sulfone groups is 1. The SMILES string of the molecule is CN1CCCC1=O.CN1CCS(=O)(=O)CC1. The molecule has 2 rings (SSSR count). The van der Waals surface area contributed by atoms with Gasteiger partial charge < -0.3 is 9.80 Å². The van der Waals surface area contributed by atoms with E-state index in [4.69, 9.17) is 0 Å². The summed E-state index contributed by atoms with van der Waals surface area (Å²) in [4.78, 5) is 14.3. The second-order valence-corrected chi connectivity index (χ2v) is 6.68. The monoisotopic (exact) mass is 248 g/mol. The molecule has 6 heteroatoms. The Balaban J connectivity index is 0.000000165. The minimum atomic E-state index is -2.66. The molecule has 0 aromatic carbocycles. The molecule has 1 amide bonds. The standard InChI is InChI=1S/C5H11NO2S.C5H9NO/c1-6-2-4-9(7,8)5-3-6;1-6-4-2-3-5(6)7/h2-5H2,1H3;2-4H2,1H3. The maximum Gasteiger partial charge on any atom is 0.222 e. The third-order valence-corrected chi connectivity index (χ3v) is 4.49. The first-order chi connectivity index (χ1) is 7.41. The zero-order chi connectivity index (χ0) is 12.2. The Morgan fingerprint density at radius 3 is 1.88 bits per heavy atom. The normalized spacial score (nSPS) is 25.1. The van der Waals surface area contributed by atoms with Crippen LogP contribution >= 0.6 is 0 Å². The summed E-state index contributed by atoms with van der Waals surface area (Å²) < 4.78 is 21.5. The smallest absolute Gasteiger partial charge is 0.222 e. The van der Waals surface area contributed by atoms with Crippen LogP contribution in [0, 0.1) is 0 Å². The van der Waals surface area contributed by atoms with Crippen LogP contribution in [0.4, 0.5) is 0 Å². The van der Waals surface area contributed by atoms with E-state index in [9.17, 15) is 13.2 Å². The highest BCUT2D eigenvalue weighted by atomic mass is 32.2. The number of amides is 1. The van der Waals surface area contributed by atoms with Crippen molar-refractivity contribution in [1.82, 2.24) is 9.80 Å². The van der Waals surface area contributed by atoms with Crippen molar-refractivity contribution >= 4 is 15.7 Å². The van der Waals surface area contributed by atoms with Gasteiger partial charge in [0.05, 0.1) is 11.5 Å². The Bertz CT molecular complexity index is 326. The van der Waals surface area contributed by atoms with Gasteiger partial charge in [0.25, 0.3) is 0 Å². The molecule has 16 heavy (non-hydrogen) atoms. The topological polar surface area (TPSA) is 57.7 Å². The van der Waals surface area contributed by atoms with Crippen LogP contribution in [-0.2, 0) is 14.6 Å². The van der Waals surface area contributed by atoms with Gasteiger partial charge in [-0.15, -0.1) is 0 Å². The number of likely N-dealkylation sites (tertiary alicyclic amines) is 1. The fraction of sp³-hybridized carbons (Fsp3) is 0.900. The third-order valence-electron chi connectivity index (χ3n) is 2.88. The van der Waals surface area contributed by atoms with Crippen molar-refractivity contribution in [3.63, 3.8) is 0 Å². The summed E-state index contributed by atoms with van der Waals surface area (Å²) in [6, 6.07) is 0. The molecule has 2 aliphatic heterocycles. The van der Waals surface area contributed by atoms with E-state index >= 15 is 0 Å². The second-order valence-electron chi connectivity index (χ2n) is 4.37. The first kappa shape index (κ1) is 13.4. The lowest BCUT2D eigenvalue weighted by atomic mass is 10.4. The molecule has 0 aromatic heterocycles. The number of hydrogen-bond acceptors (Lipinski definition) is 4. The van der Waals surface area contributed by atoms with Gasteiger partial charge in [-0.05, 0) is 13.5 Å². The van der Waals surface area contributed by atoms with Gasteiger partial charge in [0.1, 0.15) is 0 Å². The molecule has 5 nitrogen and oxygen atoms in total. The molecule has 0 atom stereocenters. The summed E-state index contributed by atoms with van der Waals surface area (Å²) in [7, 11) is 1.12. The fourth-order valence-corrected chi connectivity index (χ4v) is 2.97. The molecule has 0 spiro atoms. The van der Waals surface area contributed by atoms with Crippen LogP contribution in [0.3, 0.4) is 0 Å². The molecular formula is C10H20N2O3S. The van der Waals surface area contributed by atoms with Crippen LogP contribution in [0.1, 0.15) is 12.8 Å². The van der Waals surface area contributed by atoms with Crippen molar-refractivity contribution < 1.29 is 13.2 Å². The minimum Gasteiger partial charge on any atom is -0.346 e. The minimum absolute atomic E-state index is 0.292. The largest absolute Gasteiger partial charge is 0.346 e. The number of nitrogens with zero attached hydrogens (tertiary/aromatic N) is 2. The van der Waals surface area contributed by atoms with E-state index in [2.05, 4.69) is 0 Å². The summed E-state index contributed by atoms with van der Waals surface area (Å²) in [5, 5.41) is 0. The maximum atomic E-state index is 10.8. The molecular weight excluding hydrogens is 228 g/mol. The van der Waals surface area contributed by atoms with Gasteiger partial charge in [0.2, 0.25) is 5.91 Å². The highest BCUT2D eigenvalue weighted by Crippen LogP contribution is 2.04. The van der Waals surface area contributed by atoms with Gasteiger partial charge in [-0.25, -0.2) is 8.42 Å². The van der Waals surface area contributed by atoms with E-state index in [1.807, 2.05) is 19.0 Å². The fourth-order valence-electron chi connectivity index (χ4n) is 1.59. The van der Waals surface area contributed by atoms with E-state index in [-0.39, 0.29) is 0 Å². The molecule has 0 unspecified atom stereocenters. The van der Waals surface area contributed by atoms with E-state index < -0.39 is 9.84 Å². The molecule has 2 heterocycles. The molecule has 0 N–H and O–H groups in total. The summed E-state index contributed by atoms with van der Waals surface area (Å²) in [5.74, 6) is 0.965. The number of rotatable bonds is 0. The third kappa shape index (κ3) is 4.49. The lowest BCUT2D eigenvalue weighted by Gasteiger charge is -2.21. The van der Waals surface area contributed by atoms with E-state index in [1.165, 1.54) is 0 Å². The van der Waals surface area contributed by atoms with E-state index in [1.54, 1.807) is 4.90 Å². The molecule has 2 aliphatic rings. The highest BCUT2D eigenvalue weighted by molar-refractivity contribution is 7.91.